The van der Waals surface area contributed by atoms with Gasteiger partial charge in [-0.2, -0.15) is 0 Å². The van der Waals surface area contributed by atoms with Crippen molar-refractivity contribution in [1.82, 2.24) is 4.90 Å². The van der Waals surface area contributed by atoms with Gasteiger partial charge in [-0.15, -0.1) is 0 Å². The number of aliphatic hydroxyl groups is 1. The van der Waals surface area contributed by atoms with Gasteiger partial charge in [-0.1, -0.05) is 18.2 Å². The Morgan fingerprint density at radius 1 is 1.41 bits per heavy atom. The van der Waals surface area contributed by atoms with Gasteiger partial charge in [0.15, 0.2) is 0 Å². The molecule has 0 aromatic heterocycles. The summed E-state index contributed by atoms with van der Waals surface area (Å²) in [5, 5.41) is 9.12. The first-order valence-electron chi connectivity index (χ1n) is 5.81. The summed E-state index contributed by atoms with van der Waals surface area (Å²) >= 11 is 0. The number of benzene rings is 1. The summed E-state index contributed by atoms with van der Waals surface area (Å²) in [5.41, 5.74) is 0.679. The lowest BCUT2D eigenvalue weighted by atomic mass is 10.1. The van der Waals surface area contributed by atoms with E-state index >= 15 is 0 Å². The fourth-order valence-electron chi connectivity index (χ4n) is 2.08. The molecular formula is C13H17NO3. The molecule has 1 saturated heterocycles. The van der Waals surface area contributed by atoms with Crippen molar-refractivity contribution in [3.8, 4) is 0 Å². The van der Waals surface area contributed by atoms with Crippen LogP contribution in [0.15, 0.2) is 30.3 Å². The summed E-state index contributed by atoms with van der Waals surface area (Å²) in [4.78, 5) is 13.9. The van der Waals surface area contributed by atoms with E-state index in [1.165, 1.54) is 0 Å². The maximum atomic E-state index is 12.2. The highest BCUT2D eigenvalue weighted by atomic mass is 16.5. The highest BCUT2D eigenvalue weighted by molar-refractivity contribution is 5.94. The molecule has 0 spiro atoms. The van der Waals surface area contributed by atoms with Gasteiger partial charge in [0, 0.05) is 18.7 Å². The molecule has 1 heterocycles. The second-order valence-electron chi connectivity index (χ2n) is 4.33. The van der Waals surface area contributed by atoms with Gasteiger partial charge in [0.1, 0.15) is 0 Å². The van der Waals surface area contributed by atoms with Crippen LogP contribution in [0.25, 0.3) is 0 Å². The smallest absolute Gasteiger partial charge is 0.254 e. The molecule has 1 fully saturated rings. The molecule has 1 aliphatic rings. The van der Waals surface area contributed by atoms with E-state index in [9.17, 15) is 4.79 Å². The van der Waals surface area contributed by atoms with Gasteiger partial charge in [-0.25, -0.2) is 0 Å². The SMILES string of the molecule is CC1CN(C(=O)c2ccccc2)CC(CO)O1. The van der Waals surface area contributed by atoms with E-state index in [1.54, 1.807) is 17.0 Å². The van der Waals surface area contributed by atoms with E-state index in [0.717, 1.165) is 0 Å². The predicted octanol–water partition coefficient (Wildman–Crippen LogP) is 0.908. The third kappa shape index (κ3) is 2.84. The van der Waals surface area contributed by atoms with Crippen molar-refractivity contribution in [2.24, 2.45) is 0 Å². The molecule has 1 aromatic carbocycles. The van der Waals surface area contributed by atoms with E-state index in [2.05, 4.69) is 0 Å². The minimum Gasteiger partial charge on any atom is -0.394 e. The topological polar surface area (TPSA) is 49.8 Å². The van der Waals surface area contributed by atoms with E-state index in [1.807, 2.05) is 25.1 Å². The summed E-state index contributed by atoms with van der Waals surface area (Å²) in [6.07, 6.45) is -0.306. The van der Waals surface area contributed by atoms with Crippen LogP contribution in [0.1, 0.15) is 17.3 Å². The van der Waals surface area contributed by atoms with Gasteiger partial charge in [0.25, 0.3) is 5.91 Å². The number of hydrogen-bond acceptors (Lipinski definition) is 3. The van der Waals surface area contributed by atoms with Gasteiger partial charge < -0.3 is 14.7 Å². The van der Waals surface area contributed by atoms with Crippen LogP contribution in [-0.4, -0.2) is 47.8 Å². The third-order valence-electron chi connectivity index (χ3n) is 2.84. The minimum atomic E-state index is -0.272. The zero-order chi connectivity index (χ0) is 12.3. The molecule has 1 aliphatic heterocycles. The molecule has 2 atom stereocenters. The van der Waals surface area contributed by atoms with Crippen molar-refractivity contribution < 1.29 is 14.6 Å². The number of aliphatic hydroxyl groups excluding tert-OH is 1. The first-order chi connectivity index (χ1) is 8.20. The molecule has 2 unspecified atom stereocenters. The molecule has 0 bridgehead atoms. The Morgan fingerprint density at radius 3 is 2.76 bits per heavy atom. The second-order valence-corrected chi connectivity index (χ2v) is 4.33. The number of amides is 1. The Hall–Kier alpha value is -1.39. The van der Waals surface area contributed by atoms with Crippen LogP contribution < -0.4 is 0 Å². The summed E-state index contributed by atoms with van der Waals surface area (Å²) in [6, 6.07) is 9.18. The lowest BCUT2D eigenvalue weighted by Gasteiger charge is -2.36. The van der Waals surface area contributed by atoms with Crippen molar-refractivity contribution in [2.45, 2.75) is 19.1 Å². The number of ether oxygens (including phenoxy) is 1. The number of carbonyl (C=O) groups excluding carboxylic acids is 1. The first-order valence-corrected chi connectivity index (χ1v) is 5.81. The van der Waals surface area contributed by atoms with Gasteiger partial charge in [-0.3, -0.25) is 4.79 Å². The monoisotopic (exact) mass is 235 g/mol. The number of rotatable bonds is 2. The lowest BCUT2D eigenvalue weighted by molar-refractivity contribution is -0.0858. The van der Waals surface area contributed by atoms with Crippen LogP contribution in [0, 0.1) is 0 Å². The summed E-state index contributed by atoms with van der Waals surface area (Å²) in [6.45, 7) is 2.88. The third-order valence-corrected chi connectivity index (χ3v) is 2.84. The quantitative estimate of drug-likeness (QED) is 0.829. The van der Waals surface area contributed by atoms with Crippen LogP contribution in [0.3, 0.4) is 0 Å². The highest BCUT2D eigenvalue weighted by Crippen LogP contribution is 2.14. The van der Waals surface area contributed by atoms with Crippen LogP contribution >= 0.6 is 0 Å². The van der Waals surface area contributed by atoms with Crippen LogP contribution in [0.2, 0.25) is 0 Å². The molecular weight excluding hydrogens is 218 g/mol. The van der Waals surface area contributed by atoms with Crippen LogP contribution in [-0.2, 0) is 4.74 Å². The Balaban J connectivity index is 2.09. The zero-order valence-corrected chi connectivity index (χ0v) is 9.87. The summed E-state index contributed by atoms with van der Waals surface area (Å²) in [5.74, 6) is -0.000741. The molecule has 0 aliphatic carbocycles. The van der Waals surface area contributed by atoms with E-state index in [0.29, 0.717) is 18.7 Å². The number of hydrogen-bond donors (Lipinski definition) is 1. The van der Waals surface area contributed by atoms with Crippen molar-refractivity contribution in [2.75, 3.05) is 19.7 Å². The van der Waals surface area contributed by atoms with Crippen molar-refractivity contribution >= 4 is 5.91 Å². The van der Waals surface area contributed by atoms with E-state index < -0.39 is 0 Å². The molecule has 1 N–H and O–H groups in total. The average molecular weight is 235 g/mol. The molecule has 4 nitrogen and oxygen atoms in total. The minimum absolute atomic E-state index is 0.000741. The van der Waals surface area contributed by atoms with Crippen LogP contribution in [0.5, 0.6) is 0 Å². The van der Waals surface area contributed by atoms with Crippen molar-refractivity contribution in [1.29, 1.82) is 0 Å². The van der Waals surface area contributed by atoms with Crippen molar-refractivity contribution in [3.05, 3.63) is 35.9 Å². The summed E-state index contributed by atoms with van der Waals surface area (Å²) in [7, 11) is 0. The standard InChI is InChI=1S/C13H17NO3/c1-10-7-14(8-12(9-15)17-10)13(16)11-5-3-2-4-6-11/h2-6,10,12,15H,7-9H2,1H3. The maximum Gasteiger partial charge on any atom is 0.254 e. The van der Waals surface area contributed by atoms with Gasteiger partial charge in [0.05, 0.1) is 18.8 Å². The molecule has 2 rings (SSSR count). The van der Waals surface area contributed by atoms with Gasteiger partial charge in [-0.05, 0) is 19.1 Å². The van der Waals surface area contributed by atoms with E-state index in [-0.39, 0.29) is 24.7 Å². The molecule has 1 amide bonds. The Labute approximate surface area is 101 Å². The average Bonchev–Trinajstić information content (AvgIpc) is 2.38. The molecule has 0 radical (unpaired) electrons. The number of morpholine rings is 1. The van der Waals surface area contributed by atoms with Crippen molar-refractivity contribution in [3.63, 3.8) is 0 Å². The lowest BCUT2D eigenvalue weighted by Crippen LogP contribution is -2.50. The molecule has 4 heteroatoms. The normalized spacial score (nSPS) is 24.7. The van der Waals surface area contributed by atoms with Gasteiger partial charge >= 0.3 is 0 Å². The summed E-state index contributed by atoms with van der Waals surface area (Å²) < 4.78 is 5.51. The second kappa shape index (κ2) is 5.29. The number of carbonyl (C=O) groups is 1. The largest absolute Gasteiger partial charge is 0.394 e. The molecule has 1 aromatic rings. The van der Waals surface area contributed by atoms with Crippen LogP contribution in [0.4, 0.5) is 0 Å². The predicted molar refractivity (Wildman–Crippen MR) is 63.8 cm³/mol. The Morgan fingerprint density at radius 2 is 2.12 bits per heavy atom. The fourth-order valence-corrected chi connectivity index (χ4v) is 2.08. The molecule has 17 heavy (non-hydrogen) atoms. The Kier molecular flexibility index (Phi) is 3.76. The maximum absolute atomic E-state index is 12.2. The molecule has 0 saturated carbocycles. The fraction of sp³-hybridized carbons (Fsp3) is 0.462. The van der Waals surface area contributed by atoms with Gasteiger partial charge in [0.2, 0.25) is 0 Å². The first kappa shape index (κ1) is 12.1. The highest BCUT2D eigenvalue weighted by Gasteiger charge is 2.28. The Bertz CT molecular complexity index is 380. The zero-order valence-electron chi connectivity index (χ0n) is 9.87. The number of nitrogens with zero attached hydrogens (tertiary/aromatic N) is 1. The molecule has 92 valence electrons. The van der Waals surface area contributed by atoms with E-state index in [4.69, 9.17) is 9.84 Å².